The van der Waals surface area contributed by atoms with Gasteiger partial charge in [0.25, 0.3) is 0 Å². The minimum atomic E-state index is 0.273. The van der Waals surface area contributed by atoms with Gasteiger partial charge in [0, 0.05) is 12.1 Å². The van der Waals surface area contributed by atoms with Gasteiger partial charge in [-0.25, -0.2) is 0 Å². The van der Waals surface area contributed by atoms with Crippen LogP contribution in [0.15, 0.2) is 45.8 Å². The van der Waals surface area contributed by atoms with Crippen LogP contribution in [-0.2, 0) is 6.54 Å². The second kappa shape index (κ2) is 4.84. The van der Waals surface area contributed by atoms with E-state index in [-0.39, 0.29) is 6.04 Å². The lowest BCUT2D eigenvalue weighted by molar-refractivity contribution is 0.402. The van der Waals surface area contributed by atoms with Crippen LogP contribution in [0.2, 0.25) is 0 Å². The summed E-state index contributed by atoms with van der Waals surface area (Å²) in [6.07, 6.45) is 6.15. The van der Waals surface area contributed by atoms with Crippen LogP contribution in [0.4, 0.5) is 0 Å². The minimum absolute atomic E-state index is 0.273. The fourth-order valence-corrected chi connectivity index (χ4v) is 1.57. The van der Waals surface area contributed by atoms with Gasteiger partial charge in [0.15, 0.2) is 0 Å². The van der Waals surface area contributed by atoms with Crippen LogP contribution in [0.1, 0.15) is 30.7 Å². The Morgan fingerprint density at radius 1 is 1.33 bits per heavy atom. The molecule has 0 aliphatic heterocycles. The van der Waals surface area contributed by atoms with Gasteiger partial charge in [-0.15, -0.1) is 0 Å². The molecule has 1 atom stereocenters. The van der Waals surface area contributed by atoms with Crippen molar-refractivity contribution in [3.05, 3.63) is 48.3 Å². The number of hydrogen-bond acceptors (Lipinski definition) is 3. The first-order valence-electron chi connectivity index (χ1n) is 5.18. The van der Waals surface area contributed by atoms with E-state index in [0.29, 0.717) is 0 Å². The fourth-order valence-electron chi connectivity index (χ4n) is 1.57. The Kier molecular flexibility index (Phi) is 3.25. The first-order valence-corrected chi connectivity index (χ1v) is 5.18. The maximum Gasteiger partial charge on any atom is 0.120 e. The van der Waals surface area contributed by atoms with E-state index >= 15 is 0 Å². The summed E-state index contributed by atoms with van der Waals surface area (Å²) in [5.74, 6) is 0.987. The van der Waals surface area contributed by atoms with Crippen molar-refractivity contribution in [1.82, 2.24) is 5.32 Å². The molecule has 2 aromatic rings. The van der Waals surface area contributed by atoms with Crippen LogP contribution in [-0.4, -0.2) is 0 Å². The zero-order valence-corrected chi connectivity index (χ0v) is 8.77. The first kappa shape index (κ1) is 10.1. The average Bonchev–Trinajstić information content (AvgIpc) is 2.90. The topological polar surface area (TPSA) is 38.3 Å². The third-order valence-electron chi connectivity index (χ3n) is 2.43. The highest BCUT2D eigenvalue weighted by atomic mass is 16.3. The Bertz CT molecular complexity index is 364. The molecule has 2 aromatic heterocycles. The molecule has 0 spiro atoms. The molecule has 1 unspecified atom stereocenters. The molecule has 0 bridgehead atoms. The third-order valence-corrected chi connectivity index (χ3v) is 2.43. The molecule has 0 saturated carbocycles. The van der Waals surface area contributed by atoms with Crippen LogP contribution in [0.25, 0.3) is 0 Å². The van der Waals surface area contributed by atoms with Crippen LogP contribution in [0.3, 0.4) is 0 Å². The Labute approximate surface area is 89.1 Å². The van der Waals surface area contributed by atoms with Gasteiger partial charge in [-0.3, -0.25) is 0 Å². The zero-order valence-electron chi connectivity index (χ0n) is 8.77. The van der Waals surface area contributed by atoms with E-state index in [1.54, 1.807) is 18.8 Å². The van der Waals surface area contributed by atoms with E-state index in [0.717, 1.165) is 24.3 Å². The van der Waals surface area contributed by atoms with Gasteiger partial charge < -0.3 is 14.2 Å². The first-order chi connectivity index (χ1) is 7.40. The second-order valence-corrected chi connectivity index (χ2v) is 3.49. The molecule has 3 nitrogen and oxygen atoms in total. The number of hydrogen-bond donors (Lipinski definition) is 1. The summed E-state index contributed by atoms with van der Waals surface area (Å²) in [4.78, 5) is 0. The van der Waals surface area contributed by atoms with E-state index in [4.69, 9.17) is 8.83 Å². The molecule has 0 saturated heterocycles. The zero-order chi connectivity index (χ0) is 10.5. The molecule has 0 fully saturated rings. The van der Waals surface area contributed by atoms with E-state index in [1.807, 2.05) is 18.2 Å². The normalized spacial score (nSPS) is 12.9. The summed E-state index contributed by atoms with van der Waals surface area (Å²) in [6.45, 7) is 2.94. The predicted octanol–water partition coefficient (Wildman–Crippen LogP) is 3.11. The van der Waals surface area contributed by atoms with Crippen LogP contribution in [0.5, 0.6) is 0 Å². The number of furan rings is 2. The Hall–Kier alpha value is -1.48. The molecule has 2 heterocycles. The maximum absolute atomic E-state index is 5.37. The Morgan fingerprint density at radius 3 is 2.87 bits per heavy atom. The van der Waals surface area contributed by atoms with Gasteiger partial charge in [-0.2, -0.15) is 0 Å². The van der Waals surface area contributed by atoms with Gasteiger partial charge in [-0.05, 0) is 24.6 Å². The summed E-state index contributed by atoms with van der Waals surface area (Å²) in [5.41, 5.74) is 1.15. The van der Waals surface area contributed by atoms with Gasteiger partial charge in [-0.1, -0.05) is 6.92 Å². The van der Waals surface area contributed by atoms with Crippen LogP contribution in [0, 0.1) is 0 Å². The summed E-state index contributed by atoms with van der Waals surface area (Å²) in [7, 11) is 0. The molecule has 2 rings (SSSR count). The van der Waals surface area contributed by atoms with Crippen LogP contribution >= 0.6 is 0 Å². The smallest absolute Gasteiger partial charge is 0.120 e. The summed E-state index contributed by atoms with van der Waals surface area (Å²) in [6, 6.07) is 6.14. The summed E-state index contributed by atoms with van der Waals surface area (Å²) >= 11 is 0. The Morgan fingerprint density at radius 2 is 2.27 bits per heavy atom. The summed E-state index contributed by atoms with van der Waals surface area (Å²) in [5, 5.41) is 3.42. The lowest BCUT2D eigenvalue weighted by Crippen LogP contribution is -2.19. The monoisotopic (exact) mass is 205 g/mol. The number of nitrogens with one attached hydrogen (secondary N) is 1. The van der Waals surface area contributed by atoms with Crippen molar-refractivity contribution in [1.29, 1.82) is 0 Å². The van der Waals surface area contributed by atoms with Gasteiger partial charge in [0.1, 0.15) is 5.76 Å². The van der Waals surface area contributed by atoms with Gasteiger partial charge in [0.05, 0.1) is 24.8 Å². The quantitative estimate of drug-likeness (QED) is 0.815. The van der Waals surface area contributed by atoms with Crippen molar-refractivity contribution in [3.63, 3.8) is 0 Å². The highest BCUT2D eigenvalue weighted by Crippen LogP contribution is 2.17. The predicted molar refractivity (Wildman–Crippen MR) is 57.3 cm³/mol. The van der Waals surface area contributed by atoms with E-state index in [2.05, 4.69) is 12.2 Å². The number of rotatable bonds is 5. The summed E-state index contributed by atoms with van der Waals surface area (Å²) < 4.78 is 10.4. The van der Waals surface area contributed by atoms with Crippen molar-refractivity contribution in [2.75, 3.05) is 0 Å². The van der Waals surface area contributed by atoms with Crippen molar-refractivity contribution in [3.8, 4) is 0 Å². The molecule has 80 valence electrons. The lowest BCUT2D eigenvalue weighted by atomic mass is 10.1. The highest BCUT2D eigenvalue weighted by molar-refractivity contribution is 5.08. The Balaban J connectivity index is 1.92. The largest absolute Gasteiger partial charge is 0.472 e. The fraction of sp³-hybridized carbons (Fsp3) is 0.333. The van der Waals surface area contributed by atoms with E-state index in [1.165, 1.54) is 0 Å². The molecule has 3 heteroatoms. The van der Waals surface area contributed by atoms with Gasteiger partial charge >= 0.3 is 0 Å². The molecule has 0 aromatic carbocycles. The molecular weight excluding hydrogens is 190 g/mol. The SMILES string of the molecule is CCC(NCc1ccoc1)c1ccco1. The molecule has 0 radical (unpaired) electrons. The van der Waals surface area contributed by atoms with Crippen LogP contribution < -0.4 is 5.32 Å². The molecule has 0 amide bonds. The van der Waals surface area contributed by atoms with Gasteiger partial charge in [0.2, 0.25) is 0 Å². The molecule has 0 aliphatic carbocycles. The van der Waals surface area contributed by atoms with Crippen molar-refractivity contribution in [2.24, 2.45) is 0 Å². The third kappa shape index (κ3) is 2.50. The van der Waals surface area contributed by atoms with Crippen molar-refractivity contribution < 1.29 is 8.83 Å². The second-order valence-electron chi connectivity index (χ2n) is 3.49. The molecule has 0 aliphatic rings. The minimum Gasteiger partial charge on any atom is -0.472 e. The maximum atomic E-state index is 5.37. The molecule has 1 N–H and O–H groups in total. The standard InChI is InChI=1S/C12H15NO2/c1-2-11(12-4-3-6-15-12)13-8-10-5-7-14-9-10/h3-7,9,11,13H,2,8H2,1H3. The molecular formula is C12H15NO2. The lowest BCUT2D eigenvalue weighted by Gasteiger charge is -2.13. The van der Waals surface area contributed by atoms with E-state index in [9.17, 15) is 0 Å². The van der Waals surface area contributed by atoms with Crippen molar-refractivity contribution in [2.45, 2.75) is 25.9 Å². The molecule has 15 heavy (non-hydrogen) atoms. The van der Waals surface area contributed by atoms with Crippen molar-refractivity contribution >= 4 is 0 Å². The highest BCUT2D eigenvalue weighted by Gasteiger charge is 2.10. The average molecular weight is 205 g/mol. The van der Waals surface area contributed by atoms with E-state index < -0.39 is 0 Å².